The summed E-state index contributed by atoms with van der Waals surface area (Å²) in [4.78, 5) is 28.8. The average Bonchev–Trinajstić information content (AvgIpc) is 3.23. The highest BCUT2D eigenvalue weighted by Gasteiger charge is 2.18. The van der Waals surface area contributed by atoms with Crippen molar-refractivity contribution in [3.63, 3.8) is 0 Å². The molecule has 2 aromatic carbocycles. The van der Waals surface area contributed by atoms with Gasteiger partial charge in [-0.2, -0.15) is 4.98 Å². The van der Waals surface area contributed by atoms with E-state index in [1.807, 2.05) is 31.2 Å². The summed E-state index contributed by atoms with van der Waals surface area (Å²) in [6, 6.07) is 10.9. The van der Waals surface area contributed by atoms with Gasteiger partial charge in [-0.3, -0.25) is 10.1 Å². The van der Waals surface area contributed by atoms with Crippen molar-refractivity contribution in [1.29, 1.82) is 0 Å². The number of hydrogen-bond donors (Lipinski definition) is 2. The van der Waals surface area contributed by atoms with Crippen LogP contribution < -0.4 is 15.4 Å². The first-order valence-electron chi connectivity index (χ1n) is 10.8. The second-order valence-corrected chi connectivity index (χ2v) is 8.33. The number of nitrogens with zero attached hydrogens (tertiary/aromatic N) is 2. The minimum atomic E-state index is -0.720. The lowest BCUT2D eigenvalue weighted by Gasteiger charge is -2.20. The Hall–Kier alpha value is -3.95. The van der Waals surface area contributed by atoms with Crippen LogP contribution in [0.1, 0.15) is 40.0 Å². The van der Waals surface area contributed by atoms with Crippen LogP contribution in [-0.4, -0.2) is 34.3 Å². The van der Waals surface area contributed by atoms with Crippen molar-refractivity contribution in [3.05, 3.63) is 54.2 Å². The fourth-order valence-electron chi connectivity index (χ4n) is 2.92. The first-order valence-corrected chi connectivity index (χ1v) is 10.8. The third-order valence-electron chi connectivity index (χ3n) is 4.35. The third-order valence-corrected chi connectivity index (χ3v) is 4.35. The van der Waals surface area contributed by atoms with Crippen molar-refractivity contribution >= 4 is 23.4 Å². The predicted molar refractivity (Wildman–Crippen MR) is 124 cm³/mol. The maximum atomic E-state index is 13.8. The molecule has 0 aliphatic carbocycles. The van der Waals surface area contributed by atoms with Crippen molar-refractivity contribution in [1.82, 2.24) is 10.1 Å². The van der Waals surface area contributed by atoms with Gasteiger partial charge in [0, 0.05) is 18.4 Å². The number of ether oxygens (including phenoxy) is 2. The summed E-state index contributed by atoms with van der Waals surface area (Å²) in [7, 11) is 0. The Morgan fingerprint density at radius 3 is 2.47 bits per heavy atom. The zero-order valence-corrected chi connectivity index (χ0v) is 19.5. The van der Waals surface area contributed by atoms with Crippen molar-refractivity contribution in [2.75, 3.05) is 17.2 Å². The SMILES string of the molecule is CCOc1ccc(-c2noc(CCC(=O)Nc3cc(F)ccc3NC(=O)OC(C)(C)C)n2)cc1. The molecule has 2 N–H and O–H groups in total. The zero-order valence-electron chi connectivity index (χ0n) is 19.5. The van der Waals surface area contributed by atoms with Crippen molar-refractivity contribution in [2.45, 2.75) is 46.1 Å². The molecule has 3 rings (SSSR count). The number of aryl methyl sites for hydroxylation is 1. The van der Waals surface area contributed by atoms with Crippen molar-refractivity contribution in [3.8, 4) is 17.1 Å². The van der Waals surface area contributed by atoms with Crippen LogP contribution in [0, 0.1) is 5.82 Å². The average molecular weight is 471 g/mol. The minimum absolute atomic E-state index is 0.00724. The molecule has 9 nitrogen and oxygen atoms in total. The summed E-state index contributed by atoms with van der Waals surface area (Å²) in [6.07, 6.45) is -0.532. The van der Waals surface area contributed by atoms with Crippen LogP contribution in [-0.2, 0) is 16.0 Å². The van der Waals surface area contributed by atoms with E-state index in [2.05, 4.69) is 20.8 Å². The molecule has 1 aromatic heterocycles. The summed E-state index contributed by atoms with van der Waals surface area (Å²) < 4.78 is 29.6. The maximum Gasteiger partial charge on any atom is 0.412 e. The number of benzene rings is 2. The molecular weight excluding hydrogens is 443 g/mol. The molecule has 0 unspecified atom stereocenters. The molecule has 0 aliphatic heterocycles. The Balaban J connectivity index is 1.59. The van der Waals surface area contributed by atoms with E-state index in [1.165, 1.54) is 12.1 Å². The summed E-state index contributed by atoms with van der Waals surface area (Å²) in [5.74, 6) is 0.433. The molecule has 0 saturated heterocycles. The van der Waals surface area contributed by atoms with Crippen molar-refractivity contribution in [2.24, 2.45) is 0 Å². The normalized spacial score (nSPS) is 11.1. The number of nitrogens with one attached hydrogen (secondary N) is 2. The molecule has 0 spiro atoms. The van der Waals surface area contributed by atoms with Crippen LogP contribution >= 0.6 is 0 Å². The van der Waals surface area contributed by atoms with Crippen LogP contribution in [0.25, 0.3) is 11.4 Å². The molecule has 2 amide bonds. The Morgan fingerprint density at radius 1 is 1.06 bits per heavy atom. The fourth-order valence-corrected chi connectivity index (χ4v) is 2.92. The highest BCUT2D eigenvalue weighted by atomic mass is 19.1. The monoisotopic (exact) mass is 470 g/mol. The number of aromatic nitrogens is 2. The molecule has 0 aliphatic rings. The molecule has 34 heavy (non-hydrogen) atoms. The third kappa shape index (κ3) is 7.29. The topological polar surface area (TPSA) is 116 Å². The highest BCUT2D eigenvalue weighted by molar-refractivity contribution is 5.97. The predicted octanol–water partition coefficient (Wildman–Crippen LogP) is 5.19. The van der Waals surface area contributed by atoms with Crippen LogP contribution in [0.5, 0.6) is 5.75 Å². The van der Waals surface area contributed by atoms with E-state index in [0.717, 1.165) is 17.4 Å². The molecular formula is C24H27FN4O5. The largest absolute Gasteiger partial charge is 0.494 e. The first kappa shape index (κ1) is 24.7. The van der Waals surface area contributed by atoms with Gasteiger partial charge in [0.15, 0.2) is 0 Å². The van der Waals surface area contributed by atoms with Gasteiger partial charge in [-0.1, -0.05) is 5.16 Å². The van der Waals surface area contributed by atoms with Gasteiger partial charge in [0.05, 0.1) is 18.0 Å². The standard InChI is InChI=1S/C24H27FN4O5/c1-5-32-17-9-6-15(7-10-17)22-28-21(34-29-22)13-12-20(30)26-19-14-16(25)8-11-18(19)27-23(31)33-24(2,3)4/h6-11,14H,5,12-13H2,1-4H3,(H,26,30)(H,27,31). The smallest absolute Gasteiger partial charge is 0.412 e. The summed E-state index contributed by atoms with van der Waals surface area (Å²) in [5.41, 5.74) is 0.360. The second-order valence-electron chi connectivity index (χ2n) is 8.33. The Kier molecular flexibility index (Phi) is 7.83. The minimum Gasteiger partial charge on any atom is -0.494 e. The van der Waals surface area contributed by atoms with E-state index in [4.69, 9.17) is 14.0 Å². The van der Waals surface area contributed by atoms with Gasteiger partial charge in [0.1, 0.15) is 17.2 Å². The van der Waals surface area contributed by atoms with E-state index in [-0.39, 0.29) is 30.1 Å². The van der Waals surface area contributed by atoms with Gasteiger partial charge in [0.2, 0.25) is 17.6 Å². The van der Waals surface area contributed by atoms with E-state index >= 15 is 0 Å². The molecule has 0 radical (unpaired) electrons. The van der Waals surface area contributed by atoms with Crippen LogP contribution in [0.15, 0.2) is 47.0 Å². The second kappa shape index (κ2) is 10.8. The van der Waals surface area contributed by atoms with E-state index in [0.29, 0.717) is 12.4 Å². The zero-order chi connectivity index (χ0) is 24.7. The Labute approximate surface area is 196 Å². The lowest BCUT2D eigenvalue weighted by Crippen LogP contribution is -2.27. The van der Waals surface area contributed by atoms with Gasteiger partial charge < -0.3 is 19.3 Å². The summed E-state index contributed by atoms with van der Waals surface area (Å²) in [5, 5.41) is 9.05. The lowest BCUT2D eigenvalue weighted by molar-refractivity contribution is -0.116. The van der Waals surface area contributed by atoms with Crippen LogP contribution in [0.4, 0.5) is 20.6 Å². The Bertz CT molecular complexity index is 1140. The van der Waals surface area contributed by atoms with Gasteiger partial charge >= 0.3 is 6.09 Å². The van der Waals surface area contributed by atoms with Gasteiger partial charge in [0.25, 0.3) is 0 Å². The van der Waals surface area contributed by atoms with Gasteiger partial charge in [-0.25, -0.2) is 9.18 Å². The summed E-state index contributed by atoms with van der Waals surface area (Å²) in [6.45, 7) is 7.64. The molecule has 3 aromatic rings. The first-order chi connectivity index (χ1) is 16.1. The van der Waals surface area contributed by atoms with Crippen molar-refractivity contribution < 1.29 is 28.0 Å². The molecule has 1 heterocycles. The molecule has 0 fully saturated rings. The molecule has 10 heteroatoms. The number of halogens is 1. The number of anilines is 2. The van der Waals surface area contributed by atoms with E-state index in [1.54, 1.807) is 20.8 Å². The molecule has 0 saturated carbocycles. The fraction of sp³-hybridized carbons (Fsp3) is 0.333. The Morgan fingerprint density at radius 2 is 1.79 bits per heavy atom. The maximum absolute atomic E-state index is 13.8. The summed E-state index contributed by atoms with van der Waals surface area (Å²) >= 11 is 0. The number of carbonyl (C=O) groups excluding carboxylic acids is 2. The quantitative estimate of drug-likeness (QED) is 0.465. The number of carbonyl (C=O) groups is 2. The van der Waals surface area contributed by atoms with E-state index < -0.39 is 23.4 Å². The lowest BCUT2D eigenvalue weighted by atomic mass is 10.2. The van der Waals surface area contributed by atoms with Crippen LogP contribution in [0.2, 0.25) is 0 Å². The number of amides is 2. The molecule has 180 valence electrons. The molecule has 0 atom stereocenters. The van der Waals surface area contributed by atoms with Crippen LogP contribution in [0.3, 0.4) is 0 Å². The highest BCUT2D eigenvalue weighted by Crippen LogP contribution is 2.24. The number of rotatable bonds is 8. The van der Waals surface area contributed by atoms with E-state index in [9.17, 15) is 14.0 Å². The number of hydrogen-bond acceptors (Lipinski definition) is 7. The van der Waals surface area contributed by atoms with Gasteiger partial charge in [-0.05, 0) is 70.2 Å². The molecule has 0 bridgehead atoms. The van der Waals surface area contributed by atoms with Gasteiger partial charge in [-0.15, -0.1) is 0 Å².